The maximum Gasteiger partial charge on any atom is 0.251 e. The Balaban J connectivity index is 1.48. The van der Waals surface area contributed by atoms with Gasteiger partial charge in [-0.25, -0.2) is 4.39 Å². The van der Waals surface area contributed by atoms with E-state index in [-0.39, 0.29) is 11.7 Å². The summed E-state index contributed by atoms with van der Waals surface area (Å²) in [5, 5.41) is 8.29. The third-order valence-corrected chi connectivity index (χ3v) is 5.13. The van der Waals surface area contributed by atoms with Gasteiger partial charge in [0.1, 0.15) is 5.82 Å². The van der Waals surface area contributed by atoms with Gasteiger partial charge in [0.05, 0.1) is 32.0 Å². The van der Waals surface area contributed by atoms with Gasteiger partial charge >= 0.3 is 0 Å². The lowest BCUT2D eigenvalue weighted by molar-refractivity contribution is 0.0951. The molecule has 1 heterocycles. The van der Waals surface area contributed by atoms with Crippen molar-refractivity contribution in [1.29, 1.82) is 0 Å². The van der Waals surface area contributed by atoms with Crippen LogP contribution in [0.5, 0.6) is 11.5 Å². The molecule has 0 saturated heterocycles. The van der Waals surface area contributed by atoms with Gasteiger partial charge in [-0.15, -0.1) is 0 Å². The van der Waals surface area contributed by atoms with Crippen molar-refractivity contribution in [3.8, 4) is 11.5 Å². The van der Waals surface area contributed by atoms with Crippen LogP contribution in [0.15, 0.2) is 66.9 Å². The number of hydrogen-bond acceptors (Lipinski definition) is 4. The lowest BCUT2D eigenvalue weighted by Crippen LogP contribution is -2.22. The Morgan fingerprint density at radius 3 is 2.56 bits per heavy atom. The smallest absolute Gasteiger partial charge is 0.251 e. The molecular formula is C25H24FN3O3. The molecule has 0 unspecified atom stereocenters. The van der Waals surface area contributed by atoms with E-state index in [4.69, 9.17) is 9.47 Å². The summed E-state index contributed by atoms with van der Waals surface area (Å²) in [5.74, 6) is 0.840. The van der Waals surface area contributed by atoms with Crippen LogP contribution in [-0.2, 0) is 13.1 Å². The SMILES string of the molecule is CCOc1ccc(CNC(=O)c2ccc3cnn(Cc4ccc(F)cc4)c3c2)cc1OC. The van der Waals surface area contributed by atoms with E-state index < -0.39 is 0 Å². The summed E-state index contributed by atoms with van der Waals surface area (Å²) < 4.78 is 25.9. The molecule has 164 valence electrons. The lowest BCUT2D eigenvalue weighted by Gasteiger charge is -2.12. The van der Waals surface area contributed by atoms with E-state index in [0.717, 1.165) is 22.0 Å². The molecule has 32 heavy (non-hydrogen) atoms. The highest BCUT2D eigenvalue weighted by Crippen LogP contribution is 2.28. The molecule has 1 N–H and O–H groups in total. The molecule has 1 amide bonds. The van der Waals surface area contributed by atoms with Gasteiger partial charge in [0.15, 0.2) is 11.5 Å². The molecule has 6 nitrogen and oxygen atoms in total. The maximum absolute atomic E-state index is 13.2. The number of carbonyl (C=O) groups excluding carboxylic acids is 1. The molecule has 0 aliphatic carbocycles. The molecule has 0 radical (unpaired) electrons. The molecule has 4 aromatic rings. The second kappa shape index (κ2) is 9.51. The maximum atomic E-state index is 13.2. The zero-order chi connectivity index (χ0) is 22.5. The number of amides is 1. The topological polar surface area (TPSA) is 65.4 Å². The van der Waals surface area contributed by atoms with Gasteiger partial charge in [0.2, 0.25) is 0 Å². The summed E-state index contributed by atoms with van der Waals surface area (Å²) in [4.78, 5) is 12.8. The minimum atomic E-state index is -0.275. The Bertz CT molecular complexity index is 1240. The van der Waals surface area contributed by atoms with Crippen molar-refractivity contribution in [2.45, 2.75) is 20.0 Å². The first-order chi connectivity index (χ1) is 15.6. The summed E-state index contributed by atoms with van der Waals surface area (Å²) in [6.07, 6.45) is 1.76. The van der Waals surface area contributed by atoms with Crippen LogP contribution in [-0.4, -0.2) is 29.4 Å². The summed E-state index contributed by atoms with van der Waals surface area (Å²) >= 11 is 0. The predicted octanol–water partition coefficient (Wildman–Crippen LogP) is 4.56. The van der Waals surface area contributed by atoms with E-state index in [1.165, 1.54) is 12.1 Å². The van der Waals surface area contributed by atoms with Gasteiger partial charge in [-0.1, -0.05) is 24.3 Å². The molecule has 0 atom stereocenters. The number of benzene rings is 3. The Hall–Kier alpha value is -3.87. The highest BCUT2D eigenvalue weighted by molar-refractivity contribution is 5.97. The average Bonchev–Trinajstić information content (AvgIpc) is 3.21. The molecule has 0 aliphatic rings. The molecular weight excluding hydrogens is 409 g/mol. The van der Waals surface area contributed by atoms with Crippen LogP contribution < -0.4 is 14.8 Å². The zero-order valence-electron chi connectivity index (χ0n) is 18.0. The van der Waals surface area contributed by atoms with Crippen LogP contribution in [0.4, 0.5) is 4.39 Å². The number of methoxy groups -OCH3 is 1. The van der Waals surface area contributed by atoms with Crippen LogP contribution >= 0.6 is 0 Å². The van der Waals surface area contributed by atoms with Crippen LogP contribution in [0.25, 0.3) is 10.9 Å². The number of nitrogens with one attached hydrogen (secondary N) is 1. The molecule has 1 aromatic heterocycles. The largest absolute Gasteiger partial charge is 0.493 e. The number of halogens is 1. The van der Waals surface area contributed by atoms with Crippen LogP contribution in [0, 0.1) is 5.82 Å². The van der Waals surface area contributed by atoms with E-state index in [2.05, 4.69) is 10.4 Å². The fourth-order valence-corrected chi connectivity index (χ4v) is 3.48. The minimum Gasteiger partial charge on any atom is -0.493 e. The first-order valence-electron chi connectivity index (χ1n) is 10.4. The number of aromatic nitrogens is 2. The summed E-state index contributed by atoms with van der Waals surface area (Å²) in [5.41, 5.74) is 3.21. The van der Waals surface area contributed by atoms with E-state index in [0.29, 0.717) is 36.8 Å². The Morgan fingerprint density at radius 2 is 1.81 bits per heavy atom. The van der Waals surface area contributed by atoms with Crippen molar-refractivity contribution in [2.75, 3.05) is 13.7 Å². The van der Waals surface area contributed by atoms with Crippen molar-refractivity contribution in [2.24, 2.45) is 0 Å². The second-order valence-corrected chi connectivity index (χ2v) is 7.30. The monoisotopic (exact) mass is 433 g/mol. The van der Waals surface area contributed by atoms with E-state index in [1.54, 1.807) is 36.2 Å². The Kier molecular flexibility index (Phi) is 6.35. The van der Waals surface area contributed by atoms with Gasteiger partial charge in [0.25, 0.3) is 5.91 Å². The highest BCUT2D eigenvalue weighted by Gasteiger charge is 2.11. The van der Waals surface area contributed by atoms with Gasteiger partial charge in [-0.3, -0.25) is 9.48 Å². The Labute approximate surface area is 185 Å². The number of carbonyl (C=O) groups is 1. The quantitative estimate of drug-likeness (QED) is 0.442. The minimum absolute atomic E-state index is 0.186. The molecule has 0 saturated carbocycles. The Morgan fingerprint density at radius 1 is 1.03 bits per heavy atom. The van der Waals surface area contributed by atoms with Crippen molar-refractivity contribution >= 4 is 16.8 Å². The van der Waals surface area contributed by atoms with Crippen molar-refractivity contribution in [3.05, 3.63) is 89.4 Å². The van der Waals surface area contributed by atoms with Crippen molar-refractivity contribution in [1.82, 2.24) is 15.1 Å². The van der Waals surface area contributed by atoms with Gasteiger partial charge in [-0.2, -0.15) is 5.10 Å². The van der Waals surface area contributed by atoms with Crippen LogP contribution in [0.2, 0.25) is 0 Å². The third-order valence-electron chi connectivity index (χ3n) is 5.13. The van der Waals surface area contributed by atoms with Crippen molar-refractivity contribution < 1.29 is 18.7 Å². The van der Waals surface area contributed by atoms with E-state index in [9.17, 15) is 9.18 Å². The second-order valence-electron chi connectivity index (χ2n) is 7.30. The van der Waals surface area contributed by atoms with Gasteiger partial charge in [-0.05, 0) is 54.4 Å². The van der Waals surface area contributed by atoms with Gasteiger partial charge < -0.3 is 14.8 Å². The van der Waals surface area contributed by atoms with Crippen molar-refractivity contribution in [3.63, 3.8) is 0 Å². The molecule has 0 aliphatic heterocycles. The number of nitrogens with zero attached hydrogens (tertiary/aromatic N) is 2. The van der Waals surface area contributed by atoms with Crippen LogP contribution in [0.1, 0.15) is 28.4 Å². The highest BCUT2D eigenvalue weighted by atomic mass is 19.1. The van der Waals surface area contributed by atoms with Crippen LogP contribution in [0.3, 0.4) is 0 Å². The normalized spacial score (nSPS) is 10.8. The fraction of sp³-hybridized carbons (Fsp3) is 0.200. The molecule has 4 rings (SSSR count). The number of ether oxygens (including phenoxy) is 2. The first kappa shape index (κ1) is 21.4. The number of hydrogen-bond donors (Lipinski definition) is 1. The molecule has 7 heteroatoms. The first-order valence-corrected chi connectivity index (χ1v) is 10.4. The standard InChI is InChI=1S/C25H24FN3O3/c1-3-32-23-11-6-18(12-24(23)31-2)14-27-25(30)19-7-8-20-15-28-29(22(20)13-19)16-17-4-9-21(26)10-5-17/h4-13,15H,3,14,16H2,1-2H3,(H,27,30). The number of fused-ring (bicyclic) bond motifs is 1. The fourth-order valence-electron chi connectivity index (χ4n) is 3.48. The molecule has 3 aromatic carbocycles. The molecule has 0 spiro atoms. The summed E-state index contributed by atoms with van der Waals surface area (Å²) in [6, 6.07) is 17.4. The van der Waals surface area contributed by atoms with E-state index >= 15 is 0 Å². The molecule has 0 bridgehead atoms. The average molecular weight is 433 g/mol. The summed E-state index contributed by atoms with van der Waals surface area (Å²) in [6.45, 7) is 3.30. The summed E-state index contributed by atoms with van der Waals surface area (Å²) in [7, 11) is 1.59. The third kappa shape index (κ3) is 4.72. The van der Waals surface area contributed by atoms with E-state index in [1.807, 2.05) is 37.3 Å². The lowest BCUT2D eigenvalue weighted by atomic mass is 10.1. The molecule has 0 fully saturated rings. The van der Waals surface area contributed by atoms with Gasteiger partial charge in [0, 0.05) is 17.5 Å². The predicted molar refractivity (Wildman–Crippen MR) is 121 cm³/mol. The zero-order valence-corrected chi connectivity index (χ0v) is 18.0. The number of rotatable bonds is 8.